The van der Waals surface area contributed by atoms with Crippen LogP contribution in [0.1, 0.15) is 10.4 Å². The maximum Gasteiger partial charge on any atom is 0.255 e. The van der Waals surface area contributed by atoms with Crippen molar-refractivity contribution < 1.29 is 22.0 Å². The SMILES string of the molecule is CN(C)c1c(F)cc(NC(=O)c2ccc(S(C)(=O)=O)cc2)cc1F. The van der Waals surface area contributed by atoms with E-state index in [1.165, 1.54) is 43.3 Å². The van der Waals surface area contributed by atoms with Crippen LogP contribution in [0.2, 0.25) is 0 Å². The largest absolute Gasteiger partial charge is 0.373 e. The summed E-state index contributed by atoms with van der Waals surface area (Å²) in [5.74, 6) is -2.21. The van der Waals surface area contributed by atoms with Crippen LogP contribution < -0.4 is 10.2 Å². The molecule has 0 unspecified atom stereocenters. The van der Waals surface area contributed by atoms with Crippen LogP contribution in [0.25, 0.3) is 0 Å². The topological polar surface area (TPSA) is 66.5 Å². The fourth-order valence-electron chi connectivity index (χ4n) is 2.12. The van der Waals surface area contributed by atoms with Crippen molar-refractivity contribution in [3.8, 4) is 0 Å². The zero-order valence-corrected chi connectivity index (χ0v) is 14.1. The number of carbonyl (C=O) groups is 1. The minimum atomic E-state index is -3.36. The van der Waals surface area contributed by atoms with E-state index in [0.717, 1.165) is 18.4 Å². The summed E-state index contributed by atoms with van der Waals surface area (Å²) in [6, 6.07) is 7.27. The Balaban J connectivity index is 2.24. The van der Waals surface area contributed by atoms with Crippen molar-refractivity contribution in [1.82, 2.24) is 0 Å². The molecule has 8 heteroatoms. The molecular formula is C16H16F2N2O3S. The van der Waals surface area contributed by atoms with E-state index >= 15 is 0 Å². The third kappa shape index (κ3) is 3.88. The normalized spacial score (nSPS) is 11.2. The standard InChI is InChI=1S/C16H16F2N2O3S/c1-20(2)15-13(17)8-11(9-14(15)18)19-16(21)10-4-6-12(7-5-10)24(3,22)23/h4-9H,1-3H3,(H,19,21). The number of carbonyl (C=O) groups excluding carboxylic acids is 1. The molecule has 5 nitrogen and oxygen atoms in total. The molecule has 2 aromatic carbocycles. The molecule has 0 saturated heterocycles. The highest BCUT2D eigenvalue weighted by atomic mass is 32.2. The minimum absolute atomic E-state index is 0.0345. The van der Waals surface area contributed by atoms with Crippen LogP contribution >= 0.6 is 0 Å². The van der Waals surface area contributed by atoms with Crippen molar-refractivity contribution in [3.05, 3.63) is 53.6 Å². The van der Waals surface area contributed by atoms with Gasteiger partial charge < -0.3 is 10.2 Å². The molecular weight excluding hydrogens is 338 g/mol. The highest BCUT2D eigenvalue weighted by molar-refractivity contribution is 7.90. The van der Waals surface area contributed by atoms with E-state index in [0.29, 0.717) is 0 Å². The zero-order chi connectivity index (χ0) is 18.1. The van der Waals surface area contributed by atoms with Crippen LogP contribution in [0.3, 0.4) is 0 Å². The Morgan fingerprint density at radius 1 is 1.04 bits per heavy atom. The molecule has 1 amide bonds. The first-order valence-electron chi connectivity index (χ1n) is 6.87. The summed E-state index contributed by atoms with van der Waals surface area (Å²) >= 11 is 0. The number of halogens is 2. The van der Waals surface area contributed by atoms with Gasteiger partial charge in [-0.3, -0.25) is 4.79 Å². The van der Waals surface area contributed by atoms with Crippen molar-refractivity contribution >= 4 is 27.1 Å². The summed E-state index contributed by atoms with van der Waals surface area (Å²) in [6.45, 7) is 0. The molecule has 0 radical (unpaired) electrons. The Kier molecular flexibility index (Phi) is 4.88. The van der Waals surface area contributed by atoms with Gasteiger partial charge in [0.1, 0.15) is 5.69 Å². The molecule has 24 heavy (non-hydrogen) atoms. The monoisotopic (exact) mass is 354 g/mol. The third-order valence-electron chi connectivity index (χ3n) is 3.27. The summed E-state index contributed by atoms with van der Waals surface area (Å²) in [5.41, 5.74) is -0.0711. The van der Waals surface area contributed by atoms with Gasteiger partial charge in [0, 0.05) is 31.6 Å². The first kappa shape index (κ1) is 17.9. The van der Waals surface area contributed by atoms with Crippen LogP contribution in [0.4, 0.5) is 20.2 Å². The second-order valence-corrected chi connectivity index (χ2v) is 7.45. The molecule has 2 rings (SSSR count). The molecule has 128 valence electrons. The quantitative estimate of drug-likeness (QED) is 0.917. The molecule has 0 bridgehead atoms. The van der Waals surface area contributed by atoms with E-state index < -0.39 is 27.4 Å². The van der Waals surface area contributed by atoms with E-state index in [1.807, 2.05) is 0 Å². The number of benzene rings is 2. The fourth-order valence-corrected chi connectivity index (χ4v) is 2.75. The Morgan fingerprint density at radius 3 is 1.96 bits per heavy atom. The number of rotatable bonds is 4. The van der Waals surface area contributed by atoms with Crippen molar-refractivity contribution in [1.29, 1.82) is 0 Å². The fraction of sp³-hybridized carbons (Fsp3) is 0.188. The summed E-state index contributed by atoms with van der Waals surface area (Å²) < 4.78 is 50.6. The first-order chi connectivity index (χ1) is 11.1. The molecule has 0 heterocycles. The Morgan fingerprint density at radius 2 is 1.54 bits per heavy atom. The maximum absolute atomic E-state index is 13.9. The van der Waals surface area contributed by atoms with Crippen molar-refractivity contribution in [2.24, 2.45) is 0 Å². The molecule has 0 aliphatic rings. The number of sulfone groups is 1. The zero-order valence-electron chi connectivity index (χ0n) is 13.3. The summed E-state index contributed by atoms with van der Waals surface area (Å²) in [4.78, 5) is 13.5. The maximum atomic E-state index is 13.9. The Hall–Kier alpha value is -2.48. The van der Waals surface area contributed by atoms with Gasteiger partial charge in [0.15, 0.2) is 21.5 Å². The van der Waals surface area contributed by atoms with Crippen LogP contribution in [-0.4, -0.2) is 34.7 Å². The molecule has 1 N–H and O–H groups in total. The predicted molar refractivity (Wildman–Crippen MR) is 88.2 cm³/mol. The van der Waals surface area contributed by atoms with E-state index in [2.05, 4.69) is 5.32 Å². The average molecular weight is 354 g/mol. The van der Waals surface area contributed by atoms with Gasteiger partial charge in [-0.15, -0.1) is 0 Å². The van der Waals surface area contributed by atoms with Gasteiger partial charge in [-0.25, -0.2) is 17.2 Å². The van der Waals surface area contributed by atoms with E-state index in [1.54, 1.807) is 0 Å². The third-order valence-corrected chi connectivity index (χ3v) is 4.40. The lowest BCUT2D eigenvalue weighted by Crippen LogP contribution is -2.15. The Bertz CT molecular complexity index is 856. The molecule has 0 spiro atoms. The second-order valence-electron chi connectivity index (χ2n) is 5.43. The lowest BCUT2D eigenvalue weighted by atomic mass is 10.2. The van der Waals surface area contributed by atoms with Gasteiger partial charge in [0.05, 0.1) is 4.90 Å². The van der Waals surface area contributed by atoms with Crippen LogP contribution in [0.5, 0.6) is 0 Å². The Labute approximate surface area is 138 Å². The number of hydrogen-bond acceptors (Lipinski definition) is 4. The van der Waals surface area contributed by atoms with Gasteiger partial charge in [-0.2, -0.15) is 0 Å². The average Bonchev–Trinajstić information content (AvgIpc) is 2.45. The van der Waals surface area contributed by atoms with Crippen molar-refractivity contribution in [2.75, 3.05) is 30.6 Å². The predicted octanol–water partition coefficient (Wildman–Crippen LogP) is 2.69. The minimum Gasteiger partial charge on any atom is -0.373 e. The lowest BCUT2D eigenvalue weighted by molar-refractivity contribution is 0.102. The van der Waals surface area contributed by atoms with Gasteiger partial charge >= 0.3 is 0 Å². The molecule has 0 atom stereocenters. The number of nitrogens with one attached hydrogen (secondary N) is 1. The van der Waals surface area contributed by atoms with Crippen LogP contribution in [-0.2, 0) is 9.84 Å². The molecule has 0 aliphatic heterocycles. The highest BCUT2D eigenvalue weighted by Crippen LogP contribution is 2.26. The summed E-state index contributed by atoms with van der Waals surface area (Å²) in [5, 5.41) is 2.38. The number of nitrogens with zero attached hydrogens (tertiary/aromatic N) is 1. The summed E-state index contributed by atoms with van der Waals surface area (Å²) in [6.07, 6.45) is 1.06. The second kappa shape index (κ2) is 6.56. The number of amides is 1. The molecule has 0 aliphatic carbocycles. The lowest BCUT2D eigenvalue weighted by Gasteiger charge is -2.16. The molecule has 2 aromatic rings. The molecule has 0 saturated carbocycles. The molecule has 0 fully saturated rings. The summed E-state index contributed by atoms with van der Waals surface area (Å²) in [7, 11) is -0.358. The first-order valence-corrected chi connectivity index (χ1v) is 8.76. The van der Waals surface area contributed by atoms with Crippen molar-refractivity contribution in [2.45, 2.75) is 4.90 Å². The van der Waals surface area contributed by atoms with Crippen LogP contribution in [0, 0.1) is 11.6 Å². The van der Waals surface area contributed by atoms with Crippen LogP contribution in [0.15, 0.2) is 41.3 Å². The smallest absolute Gasteiger partial charge is 0.255 e. The van der Waals surface area contributed by atoms with Crippen molar-refractivity contribution in [3.63, 3.8) is 0 Å². The number of hydrogen-bond donors (Lipinski definition) is 1. The van der Waals surface area contributed by atoms with Gasteiger partial charge in [-0.05, 0) is 36.4 Å². The molecule has 0 aromatic heterocycles. The van der Waals surface area contributed by atoms with E-state index in [4.69, 9.17) is 0 Å². The van der Waals surface area contributed by atoms with E-state index in [9.17, 15) is 22.0 Å². The van der Waals surface area contributed by atoms with Gasteiger partial charge in [-0.1, -0.05) is 0 Å². The van der Waals surface area contributed by atoms with E-state index in [-0.39, 0.29) is 21.8 Å². The van der Waals surface area contributed by atoms with Gasteiger partial charge in [0.25, 0.3) is 5.91 Å². The van der Waals surface area contributed by atoms with Gasteiger partial charge in [0.2, 0.25) is 0 Å². The number of anilines is 2. The highest BCUT2D eigenvalue weighted by Gasteiger charge is 2.15.